The molecule has 5 nitrogen and oxygen atoms in total. The van der Waals surface area contributed by atoms with Gasteiger partial charge in [-0.1, -0.05) is 30.3 Å². The van der Waals surface area contributed by atoms with Gasteiger partial charge in [-0.15, -0.1) is 0 Å². The minimum Gasteiger partial charge on any atom is -0.306 e. The zero-order valence-electron chi connectivity index (χ0n) is 16.4. The molecule has 4 rings (SSSR count). The van der Waals surface area contributed by atoms with E-state index in [1.54, 1.807) is 24.3 Å². The molecule has 0 saturated carbocycles. The molecule has 0 bridgehead atoms. The zero-order valence-corrected chi connectivity index (χ0v) is 17.2. The van der Waals surface area contributed by atoms with Crippen molar-refractivity contribution in [2.24, 2.45) is 0 Å². The molecular weight excluding hydrogens is 427 g/mol. The second-order valence-corrected chi connectivity index (χ2v) is 8.90. The molecule has 0 amide bonds. The third-order valence-electron chi connectivity index (χ3n) is 4.77. The number of imidazole rings is 1. The van der Waals surface area contributed by atoms with E-state index in [0.29, 0.717) is 5.69 Å². The van der Waals surface area contributed by atoms with Crippen LogP contribution in [-0.4, -0.2) is 17.8 Å². The molecule has 0 spiro atoms. The normalized spacial score (nSPS) is 12.3. The predicted octanol–water partition coefficient (Wildman–Crippen LogP) is 5.27. The van der Waals surface area contributed by atoms with Gasteiger partial charge in [-0.3, -0.25) is 4.72 Å². The molecule has 0 aliphatic rings. The van der Waals surface area contributed by atoms with E-state index in [-0.39, 0.29) is 5.56 Å². The topological polar surface area (TPSA) is 63.5 Å². The first-order valence-electron chi connectivity index (χ1n) is 9.32. The monoisotopic (exact) mass is 445 g/mol. The number of rotatable bonds is 5. The summed E-state index contributed by atoms with van der Waals surface area (Å²) in [7, 11) is -3.79. The Kier molecular flexibility index (Phi) is 5.22. The smallest absolute Gasteiger partial charge is 0.306 e. The Morgan fingerprint density at radius 3 is 2.29 bits per heavy atom. The Bertz CT molecular complexity index is 1330. The van der Waals surface area contributed by atoms with E-state index >= 15 is 0 Å². The summed E-state index contributed by atoms with van der Waals surface area (Å²) in [6, 6.07) is 14.7. The predicted molar refractivity (Wildman–Crippen MR) is 113 cm³/mol. The van der Waals surface area contributed by atoms with Gasteiger partial charge in [-0.2, -0.15) is 13.2 Å². The average molecular weight is 445 g/mol. The number of nitrogens with one attached hydrogen (secondary N) is 1. The summed E-state index contributed by atoms with van der Waals surface area (Å²) in [4.78, 5) is 4.61. The lowest BCUT2D eigenvalue weighted by atomic mass is 10.1. The van der Waals surface area contributed by atoms with Crippen LogP contribution < -0.4 is 4.72 Å². The second kappa shape index (κ2) is 7.73. The first-order chi connectivity index (χ1) is 14.6. The van der Waals surface area contributed by atoms with Crippen LogP contribution >= 0.6 is 0 Å². The molecule has 160 valence electrons. The molecule has 0 atom stereocenters. The Hall–Kier alpha value is -3.33. The number of aromatic nitrogens is 2. The molecule has 0 fully saturated rings. The number of halogens is 3. The Labute approximate surface area is 177 Å². The highest BCUT2D eigenvalue weighted by molar-refractivity contribution is 7.91. The van der Waals surface area contributed by atoms with Crippen LogP contribution in [0.5, 0.6) is 0 Å². The van der Waals surface area contributed by atoms with Gasteiger partial charge in [-0.05, 0) is 48.4 Å². The largest absolute Gasteiger partial charge is 0.416 e. The molecule has 4 aromatic rings. The van der Waals surface area contributed by atoms with Crippen molar-refractivity contribution in [3.8, 4) is 11.3 Å². The Balaban J connectivity index is 1.48. The van der Waals surface area contributed by atoms with Crippen molar-refractivity contribution < 1.29 is 21.6 Å². The van der Waals surface area contributed by atoms with Crippen molar-refractivity contribution in [3.05, 3.63) is 89.7 Å². The van der Waals surface area contributed by atoms with Gasteiger partial charge in [0.2, 0.25) is 10.0 Å². The van der Waals surface area contributed by atoms with Crippen molar-refractivity contribution in [1.82, 2.24) is 9.38 Å². The summed E-state index contributed by atoms with van der Waals surface area (Å²) in [6.07, 6.45) is -0.661. The molecule has 0 unspecified atom stereocenters. The van der Waals surface area contributed by atoms with E-state index in [4.69, 9.17) is 0 Å². The number of aryl methyl sites for hydroxylation is 1. The van der Waals surface area contributed by atoms with Gasteiger partial charge in [0.05, 0.1) is 17.0 Å². The van der Waals surface area contributed by atoms with Crippen molar-refractivity contribution >= 4 is 21.4 Å². The maximum atomic E-state index is 12.6. The minimum atomic E-state index is -4.46. The van der Waals surface area contributed by atoms with Crippen molar-refractivity contribution in [2.45, 2.75) is 18.9 Å². The molecule has 31 heavy (non-hydrogen) atoms. The summed E-state index contributed by atoms with van der Waals surface area (Å²) < 4.78 is 67.1. The fourth-order valence-electron chi connectivity index (χ4n) is 3.23. The number of nitrogens with zero attached hydrogens (tertiary/aromatic N) is 2. The van der Waals surface area contributed by atoms with Crippen LogP contribution in [0.15, 0.2) is 73.1 Å². The van der Waals surface area contributed by atoms with Crippen LogP contribution in [0.3, 0.4) is 0 Å². The summed E-state index contributed by atoms with van der Waals surface area (Å²) >= 11 is 0. The van der Waals surface area contributed by atoms with Crippen LogP contribution in [0.25, 0.3) is 16.9 Å². The number of fused-ring (bicyclic) bond motifs is 1. The molecule has 1 N–H and O–H groups in total. The van der Waals surface area contributed by atoms with Gasteiger partial charge >= 0.3 is 6.18 Å². The van der Waals surface area contributed by atoms with Crippen LogP contribution in [0, 0.1) is 6.92 Å². The number of benzene rings is 2. The highest BCUT2D eigenvalue weighted by atomic mass is 32.2. The zero-order chi connectivity index (χ0) is 22.2. The molecule has 0 radical (unpaired) electrons. The van der Waals surface area contributed by atoms with E-state index in [0.717, 1.165) is 46.7 Å². The SMILES string of the molecule is Cc1cccn2cc(-c3ccc(NS(=O)(=O)Cc4ccc(C(F)(F)F)cc4)cc3)nc12. The lowest BCUT2D eigenvalue weighted by molar-refractivity contribution is -0.137. The molecule has 0 saturated heterocycles. The number of sulfonamides is 1. The number of alkyl halides is 3. The van der Waals surface area contributed by atoms with Gasteiger partial charge in [-0.25, -0.2) is 13.4 Å². The lowest BCUT2D eigenvalue weighted by Crippen LogP contribution is -2.15. The molecule has 9 heteroatoms. The van der Waals surface area contributed by atoms with Crippen LogP contribution in [0.4, 0.5) is 18.9 Å². The lowest BCUT2D eigenvalue weighted by Gasteiger charge is -2.10. The summed E-state index contributed by atoms with van der Waals surface area (Å²) in [5.74, 6) is -0.432. The minimum absolute atomic E-state index is 0.261. The van der Waals surface area contributed by atoms with Crippen LogP contribution in [0.1, 0.15) is 16.7 Å². The second-order valence-electron chi connectivity index (χ2n) is 7.18. The fourth-order valence-corrected chi connectivity index (χ4v) is 4.43. The summed E-state index contributed by atoms with van der Waals surface area (Å²) in [5, 5.41) is 0. The number of hydrogen-bond acceptors (Lipinski definition) is 3. The Morgan fingerprint density at radius 1 is 1.00 bits per heavy atom. The van der Waals surface area contributed by atoms with Gasteiger partial charge in [0, 0.05) is 23.6 Å². The third-order valence-corrected chi connectivity index (χ3v) is 6.03. The first kappa shape index (κ1) is 20.9. The molecule has 2 heterocycles. The van der Waals surface area contributed by atoms with Gasteiger partial charge < -0.3 is 4.40 Å². The quantitative estimate of drug-likeness (QED) is 0.455. The van der Waals surface area contributed by atoms with E-state index in [1.807, 2.05) is 35.9 Å². The number of pyridine rings is 1. The van der Waals surface area contributed by atoms with E-state index < -0.39 is 27.5 Å². The molecule has 2 aromatic heterocycles. The number of anilines is 1. The third kappa shape index (κ3) is 4.72. The molecule has 0 aliphatic carbocycles. The van der Waals surface area contributed by atoms with Crippen molar-refractivity contribution in [3.63, 3.8) is 0 Å². The fraction of sp³-hybridized carbons (Fsp3) is 0.136. The molecule has 2 aromatic carbocycles. The number of hydrogen-bond donors (Lipinski definition) is 1. The van der Waals surface area contributed by atoms with Crippen molar-refractivity contribution in [2.75, 3.05) is 4.72 Å². The standard InChI is InChI=1S/C22H18F3N3O2S/c1-15-3-2-12-28-13-20(26-21(15)28)17-6-10-19(11-7-17)27-31(29,30)14-16-4-8-18(9-5-16)22(23,24)25/h2-13,27H,14H2,1H3. The van der Waals surface area contributed by atoms with Crippen LogP contribution in [0.2, 0.25) is 0 Å². The summed E-state index contributed by atoms with van der Waals surface area (Å²) in [6.45, 7) is 1.97. The van der Waals surface area contributed by atoms with E-state index in [1.165, 1.54) is 0 Å². The van der Waals surface area contributed by atoms with E-state index in [2.05, 4.69) is 9.71 Å². The molecular formula is C22H18F3N3O2S. The van der Waals surface area contributed by atoms with Crippen molar-refractivity contribution in [1.29, 1.82) is 0 Å². The molecule has 0 aliphatic heterocycles. The average Bonchev–Trinajstić information content (AvgIpc) is 3.13. The van der Waals surface area contributed by atoms with E-state index in [9.17, 15) is 21.6 Å². The summed E-state index contributed by atoms with van der Waals surface area (Å²) in [5.41, 5.74) is 3.27. The highest BCUT2D eigenvalue weighted by Crippen LogP contribution is 2.29. The maximum Gasteiger partial charge on any atom is 0.416 e. The first-order valence-corrected chi connectivity index (χ1v) is 11.0. The van der Waals surface area contributed by atoms with Crippen LogP contribution in [-0.2, 0) is 22.0 Å². The van der Waals surface area contributed by atoms with Gasteiger partial charge in [0.25, 0.3) is 0 Å². The highest BCUT2D eigenvalue weighted by Gasteiger charge is 2.30. The maximum absolute atomic E-state index is 12.6. The Morgan fingerprint density at radius 2 is 1.68 bits per heavy atom. The van der Waals surface area contributed by atoms with Gasteiger partial charge in [0.1, 0.15) is 5.65 Å². The van der Waals surface area contributed by atoms with Gasteiger partial charge in [0.15, 0.2) is 0 Å².